The van der Waals surface area contributed by atoms with E-state index < -0.39 is 9.84 Å². The van der Waals surface area contributed by atoms with E-state index in [-0.39, 0.29) is 23.6 Å². The predicted octanol–water partition coefficient (Wildman–Crippen LogP) is 1.52. The maximum Gasteiger partial charge on any atom is 0.323 e. The second-order valence-corrected chi connectivity index (χ2v) is 8.29. The molecule has 0 radical (unpaired) electrons. The van der Waals surface area contributed by atoms with E-state index in [1.54, 1.807) is 23.1 Å². The molecule has 0 spiro atoms. The Morgan fingerprint density at radius 3 is 2.87 bits per heavy atom. The Kier molecular flexibility index (Phi) is 4.43. The van der Waals surface area contributed by atoms with E-state index in [0.717, 1.165) is 12.8 Å². The Labute approximate surface area is 135 Å². The van der Waals surface area contributed by atoms with Crippen LogP contribution in [-0.4, -0.2) is 55.5 Å². The molecule has 23 heavy (non-hydrogen) atoms. The van der Waals surface area contributed by atoms with Crippen LogP contribution in [0, 0.1) is 5.92 Å². The molecule has 2 amide bonds. The normalized spacial score (nSPS) is 23.9. The largest absolute Gasteiger partial charge is 0.481 e. The summed E-state index contributed by atoms with van der Waals surface area (Å²) >= 11 is 0. The Hall–Kier alpha value is -1.83. The quantitative estimate of drug-likeness (QED) is 0.902. The van der Waals surface area contributed by atoms with E-state index >= 15 is 0 Å². The number of aromatic nitrogens is 1. The molecule has 2 aliphatic rings. The fraction of sp³-hybridized carbons (Fsp3) is 0.600. The van der Waals surface area contributed by atoms with Crippen molar-refractivity contribution in [3.05, 3.63) is 18.2 Å². The third-order valence-electron chi connectivity index (χ3n) is 4.27. The smallest absolute Gasteiger partial charge is 0.323 e. The number of hydrogen-bond acceptors (Lipinski definition) is 5. The minimum Gasteiger partial charge on any atom is -0.481 e. The molecule has 0 bridgehead atoms. The number of hydrogen-bond donors (Lipinski definition) is 1. The minimum absolute atomic E-state index is 0.0661. The second kappa shape index (κ2) is 6.35. The van der Waals surface area contributed by atoms with Crippen LogP contribution in [0.2, 0.25) is 0 Å². The van der Waals surface area contributed by atoms with Crippen molar-refractivity contribution >= 4 is 21.7 Å². The first kappa shape index (κ1) is 16.0. The SMILES string of the molecule is COc1cccc(NC(=O)N2CCCS(=O)(=O)CC2C2CC2)n1. The number of anilines is 1. The molecule has 1 atom stereocenters. The van der Waals surface area contributed by atoms with Crippen molar-refractivity contribution in [2.24, 2.45) is 5.92 Å². The molecule has 1 aliphatic heterocycles. The number of rotatable bonds is 3. The fourth-order valence-corrected chi connectivity index (χ4v) is 4.67. The van der Waals surface area contributed by atoms with E-state index in [1.165, 1.54) is 7.11 Å². The van der Waals surface area contributed by atoms with Crippen LogP contribution >= 0.6 is 0 Å². The molecule has 2 heterocycles. The molecular weight excluding hydrogens is 318 g/mol. The van der Waals surface area contributed by atoms with Gasteiger partial charge in [0.2, 0.25) is 5.88 Å². The molecule has 1 saturated heterocycles. The Morgan fingerprint density at radius 2 is 2.17 bits per heavy atom. The van der Waals surface area contributed by atoms with Gasteiger partial charge in [-0.25, -0.2) is 13.2 Å². The number of ether oxygens (including phenoxy) is 1. The van der Waals surface area contributed by atoms with Gasteiger partial charge in [-0.2, -0.15) is 4.98 Å². The van der Waals surface area contributed by atoms with Gasteiger partial charge in [0.25, 0.3) is 0 Å². The molecular formula is C15H21N3O4S. The number of nitrogens with one attached hydrogen (secondary N) is 1. The van der Waals surface area contributed by atoms with Crippen molar-refractivity contribution in [3.8, 4) is 5.88 Å². The zero-order chi connectivity index (χ0) is 16.4. The van der Waals surface area contributed by atoms with E-state index in [2.05, 4.69) is 10.3 Å². The van der Waals surface area contributed by atoms with Gasteiger partial charge in [-0.05, 0) is 31.2 Å². The third kappa shape index (κ3) is 3.93. The highest BCUT2D eigenvalue weighted by Crippen LogP contribution is 2.37. The molecule has 3 rings (SSSR count). The third-order valence-corrected chi connectivity index (χ3v) is 6.03. The number of nitrogens with zero attached hydrogens (tertiary/aromatic N) is 2. The molecule has 2 fully saturated rings. The first-order chi connectivity index (χ1) is 11.0. The topological polar surface area (TPSA) is 88.6 Å². The summed E-state index contributed by atoms with van der Waals surface area (Å²) in [6.07, 6.45) is 2.45. The van der Waals surface area contributed by atoms with Crippen molar-refractivity contribution in [1.29, 1.82) is 0 Å². The van der Waals surface area contributed by atoms with Gasteiger partial charge in [0, 0.05) is 12.6 Å². The van der Waals surface area contributed by atoms with Gasteiger partial charge < -0.3 is 9.64 Å². The number of sulfone groups is 1. The van der Waals surface area contributed by atoms with Crippen LogP contribution in [-0.2, 0) is 9.84 Å². The van der Waals surface area contributed by atoms with E-state index in [9.17, 15) is 13.2 Å². The number of methoxy groups -OCH3 is 1. The molecule has 1 saturated carbocycles. The fourth-order valence-electron chi connectivity index (χ4n) is 2.96. The maximum atomic E-state index is 12.6. The molecule has 1 unspecified atom stereocenters. The van der Waals surface area contributed by atoms with Crippen molar-refractivity contribution in [2.45, 2.75) is 25.3 Å². The van der Waals surface area contributed by atoms with Crippen LogP contribution in [0.1, 0.15) is 19.3 Å². The van der Waals surface area contributed by atoms with E-state index in [1.807, 2.05) is 0 Å². The van der Waals surface area contributed by atoms with Gasteiger partial charge in [0.1, 0.15) is 5.82 Å². The number of urea groups is 1. The number of carbonyl (C=O) groups is 1. The molecule has 1 aromatic rings. The summed E-state index contributed by atoms with van der Waals surface area (Å²) in [7, 11) is -1.57. The summed E-state index contributed by atoms with van der Waals surface area (Å²) in [6, 6.07) is 4.60. The van der Waals surface area contributed by atoms with Gasteiger partial charge in [0.15, 0.2) is 9.84 Å². The maximum absolute atomic E-state index is 12.6. The lowest BCUT2D eigenvalue weighted by Gasteiger charge is -2.29. The van der Waals surface area contributed by atoms with Crippen LogP contribution in [0.5, 0.6) is 5.88 Å². The lowest BCUT2D eigenvalue weighted by molar-refractivity contribution is 0.187. The zero-order valence-corrected chi connectivity index (χ0v) is 13.9. The second-order valence-electron chi connectivity index (χ2n) is 6.06. The van der Waals surface area contributed by atoms with Gasteiger partial charge in [-0.15, -0.1) is 0 Å². The van der Waals surface area contributed by atoms with Gasteiger partial charge in [-0.3, -0.25) is 5.32 Å². The molecule has 1 aliphatic carbocycles. The lowest BCUT2D eigenvalue weighted by atomic mass is 10.2. The Bertz CT molecular complexity index is 688. The predicted molar refractivity (Wildman–Crippen MR) is 86.3 cm³/mol. The summed E-state index contributed by atoms with van der Waals surface area (Å²) in [5.41, 5.74) is 0. The highest BCUT2D eigenvalue weighted by molar-refractivity contribution is 7.91. The van der Waals surface area contributed by atoms with Crippen molar-refractivity contribution < 1.29 is 17.9 Å². The van der Waals surface area contributed by atoms with Crippen LogP contribution < -0.4 is 10.1 Å². The van der Waals surface area contributed by atoms with Gasteiger partial charge in [-0.1, -0.05) is 6.07 Å². The summed E-state index contributed by atoms with van der Waals surface area (Å²) in [5, 5.41) is 2.76. The molecule has 8 heteroatoms. The summed E-state index contributed by atoms with van der Waals surface area (Å²) < 4.78 is 29.1. The summed E-state index contributed by atoms with van der Waals surface area (Å²) in [4.78, 5) is 18.4. The average Bonchev–Trinajstić information content (AvgIpc) is 3.34. The Balaban J connectivity index is 1.76. The van der Waals surface area contributed by atoms with Crippen molar-refractivity contribution in [2.75, 3.05) is 30.5 Å². The molecule has 126 valence electrons. The van der Waals surface area contributed by atoms with E-state index in [4.69, 9.17) is 4.74 Å². The standard InChI is InChI=1S/C15H21N3O4S/c1-22-14-5-2-4-13(16-14)17-15(19)18-8-3-9-23(20,21)10-12(18)11-6-7-11/h2,4-5,11-12H,3,6-10H2,1H3,(H,16,17,19). The average molecular weight is 339 g/mol. The van der Waals surface area contributed by atoms with Crippen molar-refractivity contribution in [1.82, 2.24) is 9.88 Å². The van der Waals surface area contributed by atoms with Crippen molar-refractivity contribution in [3.63, 3.8) is 0 Å². The van der Waals surface area contributed by atoms with E-state index in [0.29, 0.717) is 30.6 Å². The van der Waals surface area contributed by atoms with Crippen LogP contribution in [0.4, 0.5) is 10.6 Å². The molecule has 7 nitrogen and oxygen atoms in total. The van der Waals surface area contributed by atoms with Crippen LogP contribution in [0.3, 0.4) is 0 Å². The number of pyridine rings is 1. The zero-order valence-electron chi connectivity index (χ0n) is 13.1. The number of carbonyl (C=O) groups excluding carboxylic acids is 1. The molecule has 0 aromatic carbocycles. The van der Waals surface area contributed by atoms with Gasteiger partial charge >= 0.3 is 6.03 Å². The lowest BCUT2D eigenvalue weighted by Crippen LogP contribution is -2.46. The Morgan fingerprint density at radius 1 is 1.39 bits per heavy atom. The highest BCUT2D eigenvalue weighted by Gasteiger charge is 2.41. The van der Waals surface area contributed by atoms with Gasteiger partial charge in [0.05, 0.1) is 24.7 Å². The molecule has 1 N–H and O–H groups in total. The van der Waals surface area contributed by atoms with Crippen LogP contribution in [0.15, 0.2) is 18.2 Å². The first-order valence-electron chi connectivity index (χ1n) is 7.77. The molecule has 1 aromatic heterocycles. The summed E-state index contributed by atoms with van der Waals surface area (Å²) in [6.45, 7) is 0.455. The minimum atomic E-state index is -3.08. The number of amides is 2. The highest BCUT2D eigenvalue weighted by atomic mass is 32.2. The first-order valence-corrected chi connectivity index (χ1v) is 9.60. The summed E-state index contributed by atoms with van der Waals surface area (Å²) in [5.74, 6) is 1.33. The monoisotopic (exact) mass is 339 g/mol. The van der Waals surface area contributed by atoms with Crippen LogP contribution in [0.25, 0.3) is 0 Å².